The van der Waals surface area contributed by atoms with E-state index in [9.17, 15) is 4.79 Å². The van der Waals surface area contributed by atoms with Gasteiger partial charge in [-0.15, -0.1) is 10.2 Å². The number of piperidine rings is 1. The molecule has 1 aromatic heterocycles. The van der Waals surface area contributed by atoms with Gasteiger partial charge in [0.1, 0.15) is 5.01 Å². The van der Waals surface area contributed by atoms with Crippen molar-refractivity contribution in [1.29, 1.82) is 0 Å². The average Bonchev–Trinajstić information content (AvgIpc) is 2.63. The van der Waals surface area contributed by atoms with Crippen molar-refractivity contribution in [3.8, 4) is 0 Å². The quantitative estimate of drug-likeness (QED) is 0.888. The first-order chi connectivity index (χ1) is 8.13. The van der Waals surface area contributed by atoms with E-state index in [0.717, 1.165) is 18.1 Å². The van der Waals surface area contributed by atoms with Crippen LogP contribution in [0, 0.1) is 12.8 Å². The second kappa shape index (κ2) is 5.55. The molecule has 0 radical (unpaired) electrons. The van der Waals surface area contributed by atoms with Crippen molar-refractivity contribution in [1.82, 2.24) is 15.1 Å². The minimum Gasteiger partial charge on any atom is -0.299 e. The smallest absolute Gasteiger partial charge is 0.240 e. The molecule has 0 aromatic carbocycles. The number of anilines is 1. The summed E-state index contributed by atoms with van der Waals surface area (Å²) in [6.45, 7) is 6.61. The molecule has 0 saturated carbocycles. The molecule has 94 valence electrons. The molecule has 1 N–H and O–H groups in total. The number of rotatable bonds is 3. The highest BCUT2D eigenvalue weighted by Gasteiger charge is 2.18. The molecule has 1 fully saturated rings. The van der Waals surface area contributed by atoms with Gasteiger partial charge in [0.15, 0.2) is 0 Å². The van der Waals surface area contributed by atoms with Crippen LogP contribution in [0.4, 0.5) is 5.13 Å². The normalized spacial score (nSPS) is 21.4. The highest BCUT2D eigenvalue weighted by atomic mass is 32.1. The lowest BCUT2D eigenvalue weighted by molar-refractivity contribution is -0.117. The zero-order valence-electron chi connectivity index (χ0n) is 10.3. The summed E-state index contributed by atoms with van der Waals surface area (Å²) in [6, 6.07) is 0. The fourth-order valence-corrected chi connectivity index (χ4v) is 2.75. The average molecular weight is 254 g/mol. The van der Waals surface area contributed by atoms with Crippen molar-refractivity contribution < 1.29 is 4.79 Å². The van der Waals surface area contributed by atoms with Crippen molar-refractivity contribution in [3.63, 3.8) is 0 Å². The molecule has 2 heterocycles. The Balaban J connectivity index is 1.80. The maximum absolute atomic E-state index is 11.8. The van der Waals surface area contributed by atoms with E-state index < -0.39 is 0 Å². The van der Waals surface area contributed by atoms with Gasteiger partial charge < -0.3 is 0 Å². The van der Waals surface area contributed by atoms with E-state index in [1.54, 1.807) is 0 Å². The summed E-state index contributed by atoms with van der Waals surface area (Å²) in [6.07, 6.45) is 2.46. The van der Waals surface area contributed by atoms with Crippen molar-refractivity contribution >= 4 is 22.4 Å². The third kappa shape index (κ3) is 3.74. The van der Waals surface area contributed by atoms with Gasteiger partial charge in [-0.25, -0.2) is 0 Å². The third-order valence-electron chi connectivity index (χ3n) is 2.88. The molecule has 1 aliphatic heterocycles. The summed E-state index contributed by atoms with van der Waals surface area (Å²) in [5.74, 6) is 0.704. The molecule has 2 rings (SSSR count). The first kappa shape index (κ1) is 12.4. The monoisotopic (exact) mass is 254 g/mol. The van der Waals surface area contributed by atoms with Gasteiger partial charge in [-0.05, 0) is 32.2 Å². The lowest BCUT2D eigenvalue weighted by Crippen LogP contribution is -2.39. The van der Waals surface area contributed by atoms with Crippen LogP contribution in [-0.2, 0) is 4.79 Å². The van der Waals surface area contributed by atoms with Gasteiger partial charge >= 0.3 is 0 Å². The Morgan fingerprint density at radius 1 is 1.59 bits per heavy atom. The van der Waals surface area contributed by atoms with Gasteiger partial charge in [-0.1, -0.05) is 18.3 Å². The number of nitrogens with one attached hydrogen (secondary N) is 1. The van der Waals surface area contributed by atoms with E-state index in [-0.39, 0.29) is 5.91 Å². The lowest BCUT2D eigenvalue weighted by Gasteiger charge is -2.29. The van der Waals surface area contributed by atoms with E-state index in [1.165, 1.54) is 24.2 Å². The minimum atomic E-state index is 0.00949. The number of aryl methyl sites for hydroxylation is 1. The molecule has 1 saturated heterocycles. The van der Waals surface area contributed by atoms with E-state index in [2.05, 4.69) is 27.3 Å². The number of hydrogen-bond donors (Lipinski definition) is 1. The van der Waals surface area contributed by atoms with Crippen LogP contribution in [0.3, 0.4) is 0 Å². The number of nitrogens with zero attached hydrogens (tertiary/aromatic N) is 3. The molecular weight excluding hydrogens is 236 g/mol. The maximum atomic E-state index is 11.8. The van der Waals surface area contributed by atoms with Crippen molar-refractivity contribution in [2.45, 2.75) is 26.7 Å². The first-order valence-corrected chi connectivity index (χ1v) is 6.77. The van der Waals surface area contributed by atoms with Gasteiger partial charge in [0.05, 0.1) is 6.54 Å². The number of amides is 1. The number of aromatic nitrogens is 2. The lowest BCUT2D eigenvalue weighted by atomic mass is 10.0. The van der Waals surface area contributed by atoms with Crippen LogP contribution in [-0.4, -0.2) is 40.6 Å². The van der Waals surface area contributed by atoms with Crippen molar-refractivity contribution in [3.05, 3.63) is 5.01 Å². The number of carbonyl (C=O) groups excluding carboxylic acids is 1. The standard InChI is InChI=1S/C11H18N4OS/c1-8-4-3-5-15(6-8)7-10(16)12-11-14-13-9(2)17-11/h8H,3-7H2,1-2H3,(H,12,14,16)/t8-/m0/s1. The predicted molar refractivity (Wildman–Crippen MR) is 68.1 cm³/mol. The highest BCUT2D eigenvalue weighted by Crippen LogP contribution is 2.16. The van der Waals surface area contributed by atoms with Crippen LogP contribution in [0.2, 0.25) is 0 Å². The van der Waals surface area contributed by atoms with Gasteiger partial charge in [0, 0.05) is 6.54 Å². The Kier molecular flexibility index (Phi) is 4.06. The van der Waals surface area contributed by atoms with Crippen LogP contribution in [0.15, 0.2) is 0 Å². The summed E-state index contributed by atoms with van der Waals surface area (Å²) in [5, 5.41) is 12.0. The van der Waals surface area contributed by atoms with Crippen LogP contribution in [0.25, 0.3) is 0 Å². The van der Waals surface area contributed by atoms with Gasteiger partial charge in [0.2, 0.25) is 11.0 Å². The Morgan fingerprint density at radius 2 is 2.41 bits per heavy atom. The molecule has 1 aliphatic rings. The summed E-state index contributed by atoms with van der Waals surface area (Å²) in [7, 11) is 0. The van der Waals surface area contributed by atoms with Gasteiger partial charge in [0.25, 0.3) is 0 Å². The van der Waals surface area contributed by atoms with E-state index in [0.29, 0.717) is 17.6 Å². The molecule has 5 nitrogen and oxygen atoms in total. The molecule has 0 spiro atoms. The number of hydrogen-bond acceptors (Lipinski definition) is 5. The fraction of sp³-hybridized carbons (Fsp3) is 0.727. The summed E-state index contributed by atoms with van der Waals surface area (Å²) >= 11 is 1.41. The summed E-state index contributed by atoms with van der Waals surface area (Å²) in [4.78, 5) is 14.0. The van der Waals surface area contributed by atoms with E-state index in [1.807, 2.05) is 6.92 Å². The SMILES string of the molecule is Cc1nnc(NC(=O)CN2CCC[C@H](C)C2)s1. The minimum absolute atomic E-state index is 0.00949. The van der Waals surface area contributed by atoms with Crippen LogP contribution >= 0.6 is 11.3 Å². The first-order valence-electron chi connectivity index (χ1n) is 5.96. The second-order valence-electron chi connectivity index (χ2n) is 4.66. The number of likely N-dealkylation sites (tertiary alicyclic amines) is 1. The van der Waals surface area contributed by atoms with Crippen LogP contribution in [0.1, 0.15) is 24.8 Å². The molecule has 1 aromatic rings. The fourth-order valence-electron chi connectivity index (χ4n) is 2.14. The molecule has 1 amide bonds. The maximum Gasteiger partial charge on any atom is 0.240 e. The topological polar surface area (TPSA) is 58.1 Å². The molecule has 1 atom stereocenters. The summed E-state index contributed by atoms with van der Waals surface area (Å²) in [5.41, 5.74) is 0. The van der Waals surface area contributed by atoms with Gasteiger partial charge in [-0.3, -0.25) is 15.0 Å². The largest absolute Gasteiger partial charge is 0.299 e. The highest BCUT2D eigenvalue weighted by molar-refractivity contribution is 7.15. The molecule has 0 unspecified atom stereocenters. The second-order valence-corrected chi connectivity index (χ2v) is 5.84. The molecule has 0 bridgehead atoms. The predicted octanol–water partition coefficient (Wildman–Crippen LogP) is 1.52. The zero-order valence-corrected chi connectivity index (χ0v) is 11.1. The molecule has 17 heavy (non-hydrogen) atoms. The van der Waals surface area contributed by atoms with Crippen molar-refractivity contribution in [2.75, 3.05) is 25.0 Å². The Morgan fingerprint density at radius 3 is 3.06 bits per heavy atom. The third-order valence-corrected chi connectivity index (χ3v) is 3.63. The van der Waals surface area contributed by atoms with E-state index in [4.69, 9.17) is 0 Å². The Bertz CT molecular complexity index is 393. The van der Waals surface area contributed by atoms with Crippen LogP contribution in [0.5, 0.6) is 0 Å². The zero-order chi connectivity index (χ0) is 12.3. The molecule has 6 heteroatoms. The van der Waals surface area contributed by atoms with E-state index >= 15 is 0 Å². The van der Waals surface area contributed by atoms with Gasteiger partial charge in [-0.2, -0.15) is 0 Å². The Hall–Kier alpha value is -1.01. The van der Waals surface area contributed by atoms with Crippen molar-refractivity contribution in [2.24, 2.45) is 5.92 Å². The van der Waals surface area contributed by atoms with Crippen LogP contribution < -0.4 is 5.32 Å². The molecule has 0 aliphatic carbocycles. The summed E-state index contributed by atoms with van der Waals surface area (Å²) < 4.78 is 0. The number of carbonyl (C=O) groups is 1. The Labute approximate surface area is 105 Å². The molecular formula is C11H18N4OS.